The number of benzene rings is 2. The van der Waals surface area contributed by atoms with E-state index in [0.717, 1.165) is 11.3 Å². The average molecular weight is 547 g/mol. The summed E-state index contributed by atoms with van der Waals surface area (Å²) in [6, 6.07) is 10.9. The Kier molecular flexibility index (Phi) is 11.3. The van der Waals surface area contributed by atoms with Crippen molar-refractivity contribution in [1.82, 2.24) is 5.32 Å². The van der Waals surface area contributed by atoms with E-state index in [1.54, 1.807) is 26.3 Å². The zero-order valence-electron chi connectivity index (χ0n) is 17.5. The number of halogens is 2. The van der Waals surface area contributed by atoms with Gasteiger partial charge in [-0.15, -0.1) is 24.0 Å². The van der Waals surface area contributed by atoms with Crippen LogP contribution in [0.4, 0.5) is 11.4 Å². The molecule has 2 aromatic carbocycles. The third-order valence-electron chi connectivity index (χ3n) is 4.14. The maximum atomic E-state index is 12.2. The van der Waals surface area contributed by atoms with Gasteiger partial charge in [0.1, 0.15) is 0 Å². The Labute approximate surface area is 199 Å². The van der Waals surface area contributed by atoms with E-state index in [2.05, 4.69) is 20.9 Å². The van der Waals surface area contributed by atoms with Crippen molar-refractivity contribution in [3.8, 4) is 11.5 Å². The van der Waals surface area contributed by atoms with Crippen LogP contribution in [0.2, 0.25) is 5.02 Å². The number of hydrogen-bond donors (Lipinski definition) is 3. The number of carbonyl (C=O) groups is 1. The molecule has 0 saturated carbocycles. The number of rotatable bonds is 8. The van der Waals surface area contributed by atoms with Gasteiger partial charge in [0.2, 0.25) is 5.91 Å². The molecule has 0 aliphatic heterocycles. The molecule has 0 fully saturated rings. The van der Waals surface area contributed by atoms with Crippen molar-refractivity contribution in [3.05, 3.63) is 47.0 Å². The van der Waals surface area contributed by atoms with Crippen molar-refractivity contribution in [1.29, 1.82) is 0 Å². The summed E-state index contributed by atoms with van der Waals surface area (Å²) < 4.78 is 10.9. The minimum absolute atomic E-state index is 0. The number of ether oxygens (including phenoxy) is 2. The largest absolute Gasteiger partial charge is 0.493 e. The predicted molar refractivity (Wildman–Crippen MR) is 134 cm³/mol. The number of carbonyl (C=O) groups excluding carboxylic acids is 1. The van der Waals surface area contributed by atoms with Crippen molar-refractivity contribution >= 4 is 58.8 Å². The van der Waals surface area contributed by atoms with Crippen molar-refractivity contribution in [2.75, 3.05) is 37.9 Å². The van der Waals surface area contributed by atoms with Crippen molar-refractivity contribution < 1.29 is 14.3 Å². The summed E-state index contributed by atoms with van der Waals surface area (Å²) in [6.45, 7) is 4.73. The maximum Gasteiger partial charge on any atom is 0.226 e. The number of nitrogens with one attached hydrogen (secondary N) is 3. The molecule has 0 atom stereocenters. The van der Waals surface area contributed by atoms with Crippen LogP contribution in [-0.2, 0) is 4.79 Å². The number of amides is 1. The first-order valence-electron chi connectivity index (χ1n) is 9.32. The van der Waals surface area contributed by atoms with Gasteiger partial charge >= 0.3 is 0 Å². The SMILES string of the molecule is CCOc1cc(NC(=NC)NCCC(=O)Nc2cccc(Cl)c2C)ccc1OC.I. The molecule has 164 valence electrons. The molecule has 0 aliphatic rings. The van der Waals surface area contributed by atoms with Crippen LogP contribution in [0, 0.1) is 6.92 Å². The Morgan fingerprint density at radius 2 is 1.93 bits per heavy atom. The highest BCUT2D eigenvalue weighted by atomic mass is 127. The van der Waals surface area contributed by atoms with Crippen LogP contribution in [0.3, 0.4) is 0 Å². The molecule has 2 aromatic rings. The van der Waals surface area contributed by atoms with Crippen LogP contribution in [0.15, 0.2) is 41.4 Å². The Hall–Kier alpha value is -2.20. The zero-order valence-corrected chi connectivity index (χ0v) is 20.6. The molecule has 30 heavy (non-hydrogen) atoms. The molecule has 0 bridgehead atoms. The van der Waals surface area contributed by atoms with Gasteiger partial charge in [-0.05, 0) is 43.7 Å². The van der Waals surface area contributed by atoms with Gasteiger partial charge in [0.05, 0.1) is 13.7 Å². The van der Waals surface area contributed by atoms with E-state index in [1.165, 1.54) is 0 Å². The number of anilines is 2. The number of methoxy groups -OCH3 is 1. The van der Waals surface area contributed by atoms with E-state index in [9.17, 15) is 4.79 Å². The molecule has 0 unspecified atom stereocenters. The van der Waals surface area contributed by atoms with E-state index < -0.39 is 0 Å². The van der Waals surface area contributed by atoms with E-state index in [0.29, 0.717) is 41.3 Å². The average Bonchev–Trinajstić information content (AvgIpc) is 2.71. The topological polar surface area (TPSA) is 84.0 Å². The third-order valence-corrected chi connectivity index (χ3v) is 4.55. The van der Waals surface area contributed by atoms with Crippen molar-refractivity contribution in [2.24, 2.45) is 4.99 Å². The molecule has 1 amide bonds. The molecular formula is C21H28ClIN4O3. The first-order valence-corrected chi connectivity index (χ1v) is 9.69. The van der Waals surface area contributed by atoms with Gasteiger partial charge in [0.15, 0.2) is 17.5 Å². The van der Waals surface area contributed by atoms with Crippen LogP contribution in [0.25, 0.3) is 0 Å². The highest BCUT2D eigenvalue weighted by Gasteiger charge is 2.09. The Bertz CT molecular complexity index is 877. The molecular weight excluding hydrogens is 519 g/mol. The fourth-order valence-corrected chi connectivity index (χ4v) is 2.76. The molecule has 0 saturated heterocycles. The van der Waals surface area contributed by atoms with Crippen LogP contribution in [0.5, 0.6) is 11.5 Å². The van der Waals surface area contributed by atoms with Crippen LogP contribution < -0.4 is 25.4 Å². The second-order valence-corrected chi connectivity index (χ2v) is 6.54. The molecule has 3 N–H and O–H groups in total. The lowest BCUT2D eigenvalue weighted by Gasteiger charge is -2.15. The first kappa shape index (κ1) is 25.8. The van der Waals surface area contributed by atoms with Gasteiger partial charge in [-0.2, -0.15) is 0 Å². The molecule has 9 heteroatoms. The van der Waals surface area contributed by atoms with Gasteiger partial charge in [0.25, 0.3) is 0 Å². The molecule has 0 heterocycles. The lowest BCUT2D eigenvalue weighted by Crippen LogP contribution is -2.33. The van der Waals surface area contributed by atoms with E-state index in [1.807, 2.05) is 38.1 Å². The van der Waals surface area contributed by atoms with Crippen LogP contribution in [-0.4, -0.2) is 39.2 Å². The predicted octanol–water partition coefficient (Wildman–Crippen LogP) is 4.69. The van der Waals surface area contributed by atoms with E-state index >= 15 is 0 Å². The summed E-state index contributed by atoms with van der Waals surface area (Å²) in [5.41, 5.74) is 2.35. The second-order valence-electron chi connectivity index (χ2n) is 6.13. The second kappa shape index (κ2) is 13.2. The number of hydrogen-bond acceptors (Lipinski definition) is 4. The van der Waals surface area contributed by atoms with Crippen LogP contribution >= 0.6 is 35.6 Å². The summed E-state index contributed by atoms with van der Waals surface area (Å²) in [5.74, 6) is 1.74. The Morgan fingerprint density at radius 1 is 1.17 bits per heavy atom. The molecule has 0 spiro atoms. The standard InChI is InChI=1S/C21H27ClN4O3.HI/c1-5-29-19-13-15(9-10-18(19)28-4)25-21(23-3)24-12-11-20(27)26-17-8-6-7-16(22)14(17)2;/h6-10,13H,5,11-12H2,1-4H3,(H,26,27)(H2,23,24,25);1H. The summed E-state index contributed by atoms with van der Waals surface area (Å²) in [7, 11) is 3.26. The minimum Gasteiger partial charge on any atom is -0.493 e. The monoisotopic (exact) mass is 546 g/mol. The van der Waals surface area contributed by atoms with Crippen molar-refractivity contribution in [2.45, 2.75) is 20.3 Å². The number of aliphatic imine (C=N–C) groups is 1. The molecule has 0 radical (unpaired) electrons. The normalized spacial score (nSPS) is 10.6. The van der Waals surface area contributed by atoms with Gasteiger partial charge < -0.3 is 25.4 Å². The van der Waals surface area contributed by atoms with E-state index in [-0.39, 0.29) is 36.3 Å². The van der Waals surface area contributed by atoms with Gasteiger partial charge in [0, 0.05) is 42.5 Å². The Morgan fingerprint density at radius 3 is 2.60 bits per heavy atom. The highest BCUT2D eigenvalue weighted by molar-refractivity contribution is 14.0. The maximum absolute atomic E-state index is 12.2. The van der Waals surface area contributed by atoms with Gasteiger partial charge in [-0.25, -0.2) is 0 Å². The number of nitrogens with zero attached hydrogens (tertiary/aromatic N) is 1. The lowest BCUT2D eigenvalue weighted by atomic mass is 10.2. The fraction of sp³-hybridized carbons (Fsp3) is 0.333. The summed E-state index contributed by atoms with van der Waals surface area (Å²) in [4.78, 5) is 16.4. The first-order chi connectivity index (χ1) is 14.0. The van der Waals surface area contributed by atoms with Crippen LogP contribution in [0.1, 0.15) is 18.9 Å². The summed E-state index contributed by atoms with van der Waals surface area (Å²) in [6.07, 6.45) is 0.277. The molecule has 2 rings (SSSR count). The molecule has 0 aromatic heterocycles. The van der Waals surface area contributed by atoms with Gasteiger partial charge in [-0.1, -0.05) is 17.7 Å². The smallest absolute Gasteiger partial charge is 0.226 e. The highest BCUT2D eigenvalue weighted by Crippen LogP contribution is 2.30. The van der Waals surface area contributed by atoms with Crippen molar-refractivity contribution in [3.63, 3.8) is 0 Å². The quantitative estimate of drug-likeness (QED) is 0.254. The third kappa shape index (κ3) is 7.56. The minimum atomic E-state index is -0.110. The number of guanidine groups is 1. The van der Waals surface area contributed by atoms with Gasteiger partial charge in [-0.3, -0.25) is 9.79 Å². The summed E-state index contributed by atoms with van der Waals surface area (Å²) in [5, 5.41) is 9.79. The zero-order chi connectivity index (χ0) is 21.2. The lowest BCUT2D eigenvalue weighted by molar-refractivity contribution is -0.116. The summed E-state index contributed by atoms with van der Waals surface area (Å²) >= 11 is 6.08. The van der Waals surface area contributed by atoms with E-state index in [4.69, 9.17) is 21.1 Å². The molecule has 7 nitrogen and oxygen atoms in total. The Balaban J connectivity index is 0.00000450. The molecule has 0 aliphatic carbocycles. The fourth-order valence-electron chi connectivity index (χ4n) is 2.59.